The summed E-state index contributed by atoms with van der Waals surface area (Å²) >= 11 is 0. The molecule has 14 heavy (non-hydrogen) atoms. The number of rotatable bonds is 4. The van der Waals surface area contributed by atoms with Gasteiger partial charge < -0.3 is 9.84 Å². The van der Waals surface area contributed by atoms with E-state index < -0.39 is 12.1 Å². The van der Waals surface area contributed by atoms with Crippen LogP contribution in [0.15, 0.2) is 0 Å². The minimum absolute atomic E-state index is 0.530. The van der Waals surface area contributed by atoms with Crippen molar-refractivity contribution in [3.05, 3.63) is 0 Å². The summed E-state index contributed by atoms with van der Waals surface area (Å²) in [6.45, 7) is 7.25. The molecular weight excluding hydrogens is 182 g/mol. The van der Waals surface area contributed by atoms with Gasteiger partial charge in [-0.15, -0.1) is 0 Å². The van der Waals surface area contributed by atoms with E-state index in [0.29, 0.717) is 19.1 Å². The van der Waals surface area contributed by atoms with Crippen LogP contribution >= 0.6 is 0 Å². The van der Waals surface area contributed by atoms with E-state index in [-0.39, 0.29) is 0 Å². The molecule has 0 amide bonds. The van der Waals surface area contributed by atoms with Crippen LogP contribution in [0, 0.1) is 5.92 Å². The van der Waals surface area contributed by atoms with Gasteiger partial charge in [0.05, 0.1) is 6.61 Å². The van der Waals surface area contributed by atoms with Crippen molar-refractivity contribution in [2.75, 3.05) is 26.2 Å². The number of carboxylic acids is 1. The van der Waals surface area contributed by atoms with Gasteiger partial charge in [0.25, 0.3) is 0 Å². The molecule has 1 saturated heterocycles. The minimum Gasteiger partial charge on any atom is -0.479 e. The van der Waals surface area contributed by atoms with Gasteiger partial charge in [0.1, 0.15) is 0 Å². The predicted molar refractivity (Wildman–Crippen MR) is 53.3 cm³/mol. The molecule has 0 spiro atoms. The Labute approximate surface area is 84.8 Å². The Hall–Kier alpha value is -0.610. The van der Waals surface area contributed by atoms with Crippen LogP contribution in [0.3, 0.4) is 0 Å². The van der Waals surface area contributed by atoms with Crippen molar-refractivity contribution in [1.29, 1.82) is 0 Å². The molecule has 0 aromatic rings. The minimum atomic E-state index is -0.848. The molecular formula is C10H19NO3. The number of hydrogen-bond donors (Lipinski definition) is 1. The van der Waals surface area contributed by atoms with Gasteiger partial charge in [0.15, 0.2) is 6.10 Å². The van der Waals surface area contributed by atoms with Crippen LogP contribution in [-0.4, -0.2) is 48.3 Å². The van der Waals surface area contributed by atoms with Crippen molar-refractivity contribution in [2.45, 2.75) is 26.4 Å². The third-order valence-corrected chi connectivity index (χ3v) is 2.45. The molecule has 0 aromatic heterocycles. The second-order valence-electron chi connectivity index (χ2n) is 4.18. The highest BCUT2D eigenvalue weighted by Gasteiger charge is 2.25. The summed E-state index contributed by atoms with van der Waals surface area (Å²) in [6.07, 6.45) is 0.489. The first kappa shape index (κ1) is 11.5. The van der Waals surface area contributed by atoms with Gasteiger partial charge in [-0.2, -0.15) is 0 Å². The average Bonchev–Trinajstić information content (AvgIpc) is 2.15. The highest BCUT2D eigenvalue weighted by molar-refractivity contribution is 5.72. The largest absolute Gasteiger partial charge is 0.479 e. The van der Waals surface area contributed by atoms with Crippen molar-refractivity contribution in [1.82, 2.24) is 4.90 Å². The monoisotopic (exact) mass is 201 g/mol. The molecule has 82 valence electrons. The van der Waals surface area contributed by atoms with Gasteiger partial charge in [0, 0.05) is 13.1 Å². The Morgan fingerprint density at radius 3 is 2.93 bits per heavy atom. The number of aliphatic carboxylic acids is 1. The summed E-state index contributed by atoms with van der Waals surface area (Å²) in [5, 5.41) is 8.78. The van der Waals surface area contributed by atoms with Crippen LogP contribution in [0.1, 0.15) is 20.3 Å². The molecule has 0 aromatic carbocycles. The zero-order chi connectivity index (χ0) is 10.6. The van der Waals surface area contributed by atoms with Crippen LogP contribution in [0.25, 0.3) is 0 Å². The second kappa shape index (κ2) is 5.32. The number of hydrogen-bond acceptors (Lipinski definition) is 3. The Kier molecular flexibility index (Phi) is 4.35. The van der Waals surface area contributed by atoms with Crippen molar-refractivity contribution in [3.63, 3.8) is 0 Å². The third kappa shape index (κ3) is 3.64. The Morgan fingerprint density at radius 2 is 2.36 bits per heavy atom. The molecule has 1 N–H and O–H groups in total. The molecule has 1 fully saturated rings. The molecule has 0 bridgehead atoms. The van der Waals surface area contributed by atoms with Gasteiger partial charge in [0.2, 0.25) is 0 Å². The lowest BCUT2D eigenvalue weighted by molar-refractivity contribution is -0.156. The van der Waals surface area contributed by atoms with Gasteiger partial charge in [-0.3, -0.25) is 4.90 Å². The third-order valence-electron chi connectivity index (χ3n) is 2.45. The Morgan fingerprint density at radius 1 is 1.64 bits per heavy atom. The normalized spacial score (nSPS) is 24.1. The molecule has 1 aliphatic rings. The van der Waals surface area contributed by atoms with E-state index in [0.717, 1.165) is 19.5 Å². The zero-order valence-electron chi connectivity index (χ0n) is 8.90. The summed E-state index contributed by atoms with van der Waals surface area (Å²) in [6, 6.07) is 0. The molecule has 1 unspecified atom stereocenters. The lowest BCUT2D eigenvalue weighted by Gasteiger charge is -2.31. The topological polar surface area (TPSA) is 49.8 Å². The molecule has 1 atom stereocenters. The first-order valence-corrected chi connectivity index (χ1v) is 5.16. The Balaban J connectivity index is 2.29. The van der Waals surface area contributed by atoms with Gasteiger partial charge in [-0.1, -0.05) is 13.8 Å². The van der Waals surface area contributed by atoms with E-state index in [1.54, 1.807) is 0 Å². The number of morpholine rings is 1. The second-order valence-corrected chi connectivity index (χ2v) is 4.18. The number of carboxylic acid groups (broad SMARTS) is 1. The maximum absolute atomic E-state index is 10.7. The van der Waals surface area contributed by atoms with Crippen LogP contribution in [-0.2, 0) is 9.53 Å². The van der Waals surface area contributed by atoms with Gasteiger partial charge in [-0.05, 0) is 18.9 Å². The van der Waals surface area contributed by atoms with E-state index in [9.17, 15) is 4.79 Å². The van der Waals surface area contributed by atoms with Crippen molar-refractivity contribution in [2.24, 2.45) is 5.92 Å². The SMILES string of the molecule is CC(C)CCN1CCOC(C(=O)O)C1. The lowest BCUT2D eigenvalue weighted by Crippen LogP contribution is -2.46. The van der Waals surface area contributed by atoms with E-state index in [2.05, 4.69) is 18.7 Å². The van der Waals surface area contributed by atoms with Gasteiger partial charge in [-0.25, -0.2) is 4.79 Å². The number of ether oxygens (including phenoxy) is 1. The van der Waals surface area contributed by atoms with Crippen LogP contribution < -0.4 is 0 Å². The average molecular weight is 201 g/mol. The summed E-state index contributed by atoms with van der Waals surface area (Å²) in [7, 11) is 0. The predicted octanol–water partition coefficient (Wildman–Crippen LogP) is 0.818. The number of carbonyl (C=O) groups is 1. The van der Waals surface area contributed by atoms with E-state index >= 15 is 0 Å². The van der Waals surface area contributed by atoms with E-state index in [1.165, 1.54) is 0 Å². The fourth-order valence-electron chi connectivity index (χ4n) is 1.50. The molecule has 1 aliphatic heterocycles. The van der Waals surface area contributed by atoms with E-state index in [1.807, 2.05) is 0 Å². The standard InChI is InChI=1S/C10H19NO3/c1-8(2)3-4-11-5-6-14-9(7-11)10(12)13/h8-9H,3-7H2,1-2H3,(H,12,13). The first-order chi connectivity index (χ1) is 6.59. The summed E-state index contributed by atoms with van der Waals surface area (Å²) in [4.78, 5) is 12.9. The molecule has 1 rings (SSSR count). The lowest BCUT2D eigenvalue weighted by atomic mass is 10.1. The highest BCUT2D eigenvalue weighted by Crippen LogP contribution is 2.08. The maximum Gasteiger partial charge on any atom is 0.334 e. The first-order valence-electron chi connectivity index (χ1n) is 5.16. The van der Waals surface area contributed by atoms with Crippen LogP contribution in [0.4, 0.5) is 0 Å². The Bertz CT molecular complexity index is 194. The molecule has 0 aliphatic carbocycles. The fraction of sp³-hybridized carbons (Fsp3) is 0.900. The fourth-order valence-corrected chi connectivity index (χ4v) is 1.50. The van der Waals surface area contributed by atoms with Crippen LogP contribution in [0.2, 0.25) is 0 Å². The quantitative estimate of drug-likeness (QED) is 0.731. The summed E-state index contributed by atoms with van der Waals surface area (Å²) in [5.74, 6) is -0.180. The molecule has 0 saturated carbocycles. The molecule has 4 heteroatoms. The molecule has 0 radical (unpaired) electrons. The van der Waals surface area contributed by atoms with E-state index in [4.69, 9.17) is 9.84 Å². The highest BCUT2D eigenvalue weighted by atomic mass is 16.5. The van der Waals surface area contributed by atoms with Crippen molar-refractivity contribution in [3.8, 4) is 0 Å². The number of nitrogens with zero attached hydrogens (tertiary/aromatic N) is 1. The van der Waals surface area contributed by atoms with Crippen LogP contribution in [0.5, 0.6) is 0 Å². The summed E-state index contributed by atoms with van der Waals surface area (Å²) in [5.41, 5.74) is 0. The zero-order valence-corrected chi connectivity index (χ0v) is 8.90. The molecule has 4 nitrogen and oxygen atoms in total. The maximum atomic E-state index is 10.7. The molecule has 1 heterocycles. The summed E-state index contributed by atoms with van der Waals surface area (Å²) < 4.78 is 5.14. The smallest absolute Gasteiger partial charge is 0.334 e. The van der Waals surface area contributed by atoms with Crippen molar-refractivity contribution >= 4 is 5.97 Å². The van der Waals surface area contributed by atoms with Crippen molar-refractivity contribution < 1.29 is 14.6 Å². The van der Waals surface area contributed by atoms with Gasteiger partial charge >= 0.3 is 5.97 Å².